The lowest BCUT2D eigenvalue weighted by Crippen LogP contribution is -2.65. The fraction of sp³-hybridized carbons (Fsp3) is 0.370. The van der Waals surface area contributed by atoms with Gasteiger partial charge in [0.2, 0.25) is 0 Å². The number of hydrogen-bond donors (Lipinski definition) is 2. The van der Waals surface area contributed by atoms with E-state index in [2.05, 4.69) is 15.0 Å². The number of methoxy groups -OCH3 is 1. The van der Waals surface area contributed by atoms with Crippen LogP contribution in [0, 0.1) is 11.6 Å². The van der Waals surface area contributed by atoms with Crippen molar-refractivity contribution in [1.82, 2.24) is 10.3 Å². The minimum atomic E-state index is -2.98. The number of aromatic nitrogens is 1. The molecule has 2 aromatic carbocycles. The quantitative estimate of drug-likeness (QED) is 0.276. The molecule has 5 nitrogen and oxygen atoms in total. The largest absolute Gasteiger partial charge is 0.494 e. The van der Waals surface area contributed by atoms with Crippen LogP contribution in [-0.4, -0.2) is 48.3 Å². The standard InChI is InChI=1S/C27H28ClF4N3O2/c1-37-24-12-20(29)19(11-21(24)30)22-10-18(13-28)23(15-33-22)35-9-5-8-27(16-35,25(36)26(31)32)34-14-17-6-3-2-4-7-17/h2-4,6-7,10-12,15,25-26,34,36H,5,8-9,13-14,16H2,1H3/t25-,27-/m1/s1/i1D3. The molecule has 0 bridgehead atoms. The summed E-state index contributed by atoms with van der Waals surface area (Å²) < 4.78 is 82.9. The van der Waals surface area contributed by atoms with Crippen LogP contribution in [0.5, 0.6) is 5.75 Å². The molecule has 4 rings (SSSR count). The molecule has 2 atom stereocenters. The van der Waals surface area contributed by atoms with Gasteiger partial charge in [0, 0.05) is 37.1 Å². The zero-order valence-corrected chi connectivity index (χ0v) is 20.5. The smallest absolute Gasteiger partial charge is 0.265 e. The summed E-state index contributed by atoms with van der Waals surface area (Å²) in [5.41, 5.74) is 0.331. The molecule has 1 aromatic heterocycles. The highest BCUT2D eigenvalue weighted by atomic mass is 35.5. The highest BCUT2D eigenvalue weighted by Crippen LogP contribution is 2.35. The molecule has 10 heteroatoms. The van der Waals surface area contributed by atoms with Gasteiger partial charge in [-0.05, 0) is 36.1 Å². The Hall–Kier alpha value is -2.88. The van der Waals surface area contributed by atoms with E-state index in [4.69, 9.17) is 15.7 Å². The summed E-state index contributed by atoms with van der Waals surface area (Å²) in [6, 6.07) is 12.1. The number of piperidine rings is 1. The molecular formula is C27H28ClF4N3O2. The lowest BCUT2D eigenvalue weighted by Gasteiger charge is -2.47. The first-order valence-corrected chi connectivity index (χ1v) is 12.2. The second-order valence-corrected chi connectivity index (χ2v) is 9.26. The van der Waals surface area contributed by atoms with E-state index in [-0.39, 0.29) is 30.2 Å². The number of ether oxygens (including phenoxy) is 1. The number of rotatable bonds is 9. The molecule has 1 aliphatic heterocycles. The summed E-state index contributed by atoms with van der Waals surface area (Å²) in [4.78, 5) is 6.07. The Balaban J connectivity index is 1.63. The van der Waals surface area contributed by atoms with Crippen molar-refractivity contribution >= 4 is 17.3 Å². The van der Waals surface area contributed by atoms with Gasteiger partial charge in [-0.25, -0.2) is 17.6 Å². The van der Waals surface area contributed by atoms with E-state index in [0.717, 1.165) is 11.6 Å². The molecule has 2 N–H and O–H groups in total. The minimum absolute atomic E-state index is 0.0282. The van der Waals surface area contributed by atoms with E-state index >= 15 is 0 Å². The maximum atomic E-state index is 14.9. The third-order valence-corrected chi connectivity index (χ3v) is 6.96. The van der Waals surface area contributed by atoms with Crippen LogP contribution in [0.25, 0.3) is 11.3 Å². The van der Waals surface area contributed by atoms with Crippen LogP contribution < -0.4 is 15.0 Å². The van der Waals surface area contributed by atoms with Crippen molar-refractivity contribution in [1.29, 1.82) is 0 Å². The number of nitrogens with zero attached hydrogens (tertiary/aromatic N) is 2. The molecule has 1 aliphatic rings. The van der Waals surface area contributed by atoms with Gasteiger partial charge in [-0.2, -0.15) is 0 Å². The fourth-order valence-electron chi connectivity index (χ4n) is 4.73. The van der Waals surface area contributed by atoms with Gasteiger partial charge >= 0.3 is 0 Å². The summed E-state index contributed by atoms with van der Waals surface area (Å²) in [5.74, 6) is -2.85. The van der Waals surface area contributed by atoms with Crippen molar-refractivity contribution in [3.05, 3.63) is 77.5 Å². The average molecular weight is 541 g/mol. The topological polar surface area (TPSA) is 57.6 Å². The van der Waals surface area contributed by atoms with E-state index in [0.29, 0.717) is 36.7 Å². The number of alkyl halides is 3. The number of halogens is 5. The fourth-order valence-corrected chi connectivity index (χ4v) is 4.94. The second kappa shape index (κ2) is 11.7. The number of aliphatic hydroxyl groups excluding tert-OH is 1. The minimum Gasteiger partial charge on any atom is -0.494 e. The molecular weight excluding hydrogens is 510 g/mol. The predicted octanol–water partition coefficient (Wildman–Crippen LogP) is 5.53. The molecule has 0 saturated carbocycles. The van der Waals surface area contributed by atoms with E-state index in [1.165, 1.54) is 12.3 Å². The van der Waals surface area contributed by atoms with Gasteiger partial charge in [-0.15, -0.1) is 11.6 Å². The van der Waals surface area contributed by atoms with Gasteiger partial charge < -0.3 is 20.1 Å². The molecule has 198 valence electrons. The van der Waals surface area contributed by atoms with Crippen molar-refractivity contribution in [2.45, 2.75) is 43.3 Å². The number of hydrogen-bond acceptors (Lipinski definition) is 5. The van der Waals surface area contributed by atoms with Crippen LogP contribution >= 0.6 is 11.6 Å². The number of benzene rings is 2. The summed E-state index contributed by atoms with van der Waals surface area (Å²) in [5, 5.41) is 13.8. The summed E-state index contributed by atoms with van der Waals surface area (Å²) in [7, 11) is -2.96. The van der Waals surface area contributed by atoms with Crippen LogP contribution in [-0.2, 0) is 12.4 Å². The first-order valence-electron chi connectivity index (χ1n) is 13.2. The molecule has 3 aromatic rings. The van der Waals surface area contributed by atoms with Gasteiger partial charge in [0.25, 0.3) is 6.43 Å². The van der Waals surface area contributed by atoms with E-state index in [1.54, 1.807) is 4.90 Å². The van der Waals surface area contributed by atoms with E-state index in [9.17, 15) is 22.7 Å². The van der Waals surface area contributed by atoms with Gasteiger partial charge in [0.15, 0.2) is 11.6 Å². The second-order valence-electron chi connectivity index (χ2n) is 9.00. The third kappa shape index (κ3) is 5.84. The van der Waals surface area contributed by atoms with Crippen LogP contribution in [0.4, 0.5) is 23.2 Å². The zero-order valence-electron chi connectivity index (χ0n) is 22.7. The van der Waals surface area contributed by atoms with Gasteiger partial charge in [0.1, 0.15) is 11.9 Å². The molecule has 0 radical (unpaired) electrons. The van der Waals surface area contributed by atoms with Crippen LogP contribution in [0.1, 0.15) is 28.1 Å². The van der Waals surface area contributed by atoms with Crippen molar-refractivity contribution in [3.63, 3.8) is 0 Å². The number of aliphatic hydroxyl groups is 1. The lowest BCUT2D eigenvalue weighted by molar-refractivity contribution is -0.0657. The van der Waals surface area contributed by atoms with Crippen molar-refractivity contribution < 1.29 is 31.5 Å². The Morgan fingerprint density at radius 2 is 2.00 bits per heavy atom. The lowest BCUT2D eigenvalue weighted by atomic mass is 9.83. The van der Waals surface area contributed by atoms with Gasteiger partial charge in [-0.3, -0.25) is 4.98 Å². The number of pyridine rings is 1. The van der Waals surface area contributed by atoms with Gasteiger partial charge in [-0.1, -0.05) is 30.3 Å². The Morgan fingerprint density at radius 3 is 2.70 bits per heavy atom. The van der Waals surface area contributed by atoms with E-state index < -0.39 is 42.5 Å². The Kier molecular flexibility index (Phi) is 7.33. The first-order chi connectivity index (χ1) is 18.9. The monoisotopic (exact) mass is 540 g/mol. The van der Waals surface area contributed by atoms with Crippen molar-refractivity contribution in [3.8, 4) is 17.0 Å². The predicted molar refractivity (Wildman–Crippen MR) is 135 cm³/mol. The van der Waals surface area contributed by atoms with Crippen LogP contribution in [0.15, 0.2) is 54.7 Å². The summed E-state index contributed by atoms with van der Waals surface area (Å²) in [6.07, 6.45) is -2.73. The Labute approximate surface area is 222 Å². The van der Waals surface area contributed by atoms with Crippen LogP contribution in [0.2, 0.25) is 0 Å². The first kappa shape index (κ1) is 23.3. The molecule has 1 saturated heterocycles. The normalized spacial score (nSPS) is 20.3. The highest BCUT2D eigenvalue weighted by Gasteiger charge is 2.46. The molecule has 2 heterocycles. The average Bonchev–Trinajstić information content (AvgIpc) is 2.92. The molecule has 0 aliphatic carbocycles. The summed E-state index contributed by atoms with van der Waals surface area (Å²) >= 11 is 6.22. The Morgan fingerprint density at radius 1 is 1.22 bits per heavy atom. The maximum absolute atomic E-state index is 14.9. The number of nitrogens with one attached hydrogen (secondary N) is 1. The van der Waals surface area contributed by atoms with Crippen molar-refractivity contribution in [2.24, 2.45) is 0 Å². The summed E-state index contributed by atoms with van der Waals surface area (Å²) in [6.45, 7) is 0.768. The van der Waals surface area contributed by atoms with Gasteiger partial charge in [0.05, 0.1) is 34.3 Å². The molecule has 0 spiro atoms. The maximum Gasteiger partial charge on any atom is 0.265 e. The highest BCUT2D eigenvalue weighted by molar-refractivity contribution is 6.17. The zero-order chi connectivity index (χ0) is 29.1. The van der Waals surface area contributed by atoms with Crippen molar-refractivity contribution in [2.75, 3.05) is 25.0 Å². The SMILES string of the molecule is [2H]C([2H])([2H])Oc1cc(F)c(-c2cc(CCl)c(N3CCC[C@](NCc4ccccc4)([C@H](O)C(F)F)C3)cn2)cc1F. The Bertz CT molecular complexity index is 1320. The molecule has 1 fully saturated rings. The molecule has 0 unspecified atom stereocenters. The number of anilines is 1. The molecule has 0 amide bonds. The van der Waals surface area contributed by atoms with Crippen LogP contribution in [0.3, 0.4) is 0 Å². The molecule has 37 heavy (non-hydrogen) atoms. The third-order valence-electron chi connectivity index (χ3n) is 6.67. The van der Waals surface area contributed by atoms with E-state index in [1.807, 2.05) is 30.3 Å².